The van der Waals surface area contributed by atoms with Gasteiger partial charge in [-0.05, 0) is 42.9 Å². The molecular formula is C20H19BrN2O3. The van der Waals surface area contributed by atoms with Crippen molar-refractivity contribution < 1.29 is 14.3 Å². The third-order valence-corrected chi connectivity index (χ3v) is 4.55. The number of ether oxygens (including phenoxy) is 1. The third kappa shape index (κ3) is 3.86. The third-order valence-electron chi connectivity index (χ3n) is 4.06. The van der Waals surface area contributed by atoms with Gasteiger partial charge in [-0.3, -0.25) is 19.4 Å². The maximum absolute atomic E-state index is 12.3. The lowest BCUT2D eigenvalue weighted by molar-refractivity contribution is -0.114. The van der Waals surface area contributed by atoms with Gasteiger partial charge in [0.25, 0.3) is 5.78 Å². The van der Waals surface area contributed by atoms with E-state index in [1.807, 2.05) is 36.2 Å². The SMILES string of the molecule is C=CCOc1ccc(CN(C)CN2C(=O)C(=O)c3ccc(Br)cc32)cc1. The lowest BCUT2D eigenvalue weighted by Gasteiger charge is -2.24. The number of anilines is 1. The van der Waals surface area contributed by atoms with E-state index in [-0.39, 0.29) is 0 Å². The predicted octanol–water partition coefficient (Wildman–Crippen LogP) is 3.63. The second kappa shape index (κ2) is 7.85. The highest BCUT2D eigenvalue weighted by atomic mass is 79.9. The van der Waals surface area contributed by atoms with Crippen LogP contribution in [0.15, 0.2) is 59.6 Å². The smallest absolute Gasteiger partial charge is 0.300 e. The summed E-state index contributed by atoms with van der Waals surface area (Å²) < 4.78 is 6.31. The number of halogens is 1. The molecule has 0 atom stereocenters. The van der Waals surface area contributed by atoms with Crippen molar-refractivity contribution in [1.82, 2.24) is 4.90 Å². The number of amides is 1. The first-order chi connectivity index (χ1) is 12.5. The minimum Gasteiger partial charge on any atom is -0.490 e. The van der Waals surface area contributed by atoms with E-state index in [4.69, 9.17) is 4.74 Å². The van der Waals surface area contributed by atoms with Gasteiger partial charge in [-0.25, -0.2) is 0 Å². The van der Waals surface area contributed by atoms with Crippen molar-refractivity contribution in [3.8, 4) is 5.75 Å². The summed E-state index contributed by atoms with van der Waals surface area (Å²) >= 11 is 3.40. The lowest BCUT2D eigenvalue weighted by Crippen LogP contribution is -2.38. The molecule has 6 heteroatoms. The highest BCUT2D eigenvalue weighted by Gasteiger charge is 2.36. The molecule has 1 aliphatic heterocycles. The molecule has 5 nitrogen and oxygen atoms in total. The summed E-state index contributed by atoms with van der Waals surface area (Å²) in [5.41, 5.74) is 2.19. The summed E-state index contributed by atoms with van der Waals surface area (Å²) in [5, 5.41) is 0. The summed E-state index contributed by atoms with van der Waals surface area (Å²) in [6.45, 7) is 5.07. The van der Waals surface area contributed by atoms with Crippen molar-refractivity contribution in [2.24, 2.45) is 0 Å². The zero-order valence-electron chi connectivity index (χ0n) is 14.4. The Hall–Kier alpha value is -2.44. The molecule has 2 aromatic rings. The average Bonchev–Trinajstić information content (AvgIpc) is 2.85. The Morgan fingerprint density at radius 2 is 1.92 bits per heavy atom. The largest absolute Gasteiger partial charge is 0.490 e. The lowest BCUT2D eigenvalue weighted by atomic mass is 10.1. The number of carbonyl (C=O) groups is 2. The fourth-order valence-electron chi connectivity index (χ4n) is 2.86. The topological polar surface area (TPSA) is 49.9 Å². The van der Waals surface area contributed by atoms with Gasteiger partial charge >= 0.3 is 5.91 Å². The molecule has 0 N–H and O–H groups in total. The maximum Gasteiger partial charge on any atom is 0.300 e. The zero-order chi connectivity index (χ0) is 18.7. The molecule has 0 saturated carbocycles. The molecule has 2 aromatic carbocycles. The first-order valence-corrected chi connectivity index (χ1v) is 8.96. The van der Waals surface area contributed by atoms with Crippen LogP contribution in [-0.2, 0) is 11.3 Å². The Kier molecular flexibility index (Phi) is 5.54. The molecule has 0 aromatic heterocycles. The van der Waals surface area contributed by atoms with Crippen molar-refractivity contribution in [1.29, 1.82) is 0 Å². The van der Waals surface area contributed by atoms with E-state index in [9.17, 15) is 9.59 Å². The van der Waals surface area contributed by atoms with Crippen LogP contribution < -0.4 is 9.64 Å². The number of hydrogen-bond acceptors (Lipinski definition) is 4. The molecule has 0 spiro atoms. The molecule has 0 saturated heterocycles. The number of hydrogen-bond donors (Lipinski definition) is 0. The minimum atomic E-state index is -0.488. The molecule has 1 amide bonds. The number of rotatable bonds is 7. The standard InChI is InChI=1S/C20H19BrN2O3/c1-3-10-26-16-7-4-14(5-8-16)12-22(2)13-23-18-11-15(21)6-9-17(18)19(24)20(23)25/h3-9,11H,1,10,12-13H2,2H3. The fourth-order valence-corrected chi connectivity index (χ4v) is 3.21. The number of Topliss-reactive ketones (excluding diaryl/α,β-unsaturated/α-hetero) is 1. The van der Waals surface area contributed by atoms with Gasteiger partial charge in [0.2, 0.25) is 0 Å². The Balaban J connectivity index is 1.68. The summed E-state index contributed by atoms with van der Waals surface area (Å²) in [4.78, 5) is 28.0. The van der Waals surface area contributed by atoms with Gasteiger partial charge in [0.1, 0.15) is 12.4 Å². The van der Waals surface area contributed by atoms with Crippen molar-refractivity contribution in [2.45, 2.75) is 6.54 Å². The quantitative estimate of drug-likeness (QED) is 0.512. The van der Waals surface area contributed by atoms with Gasteiger partial charge < -0.3 is 4.74 Å². The fraction of sp³-hybridized carbons (Fsp3) is 0.200. The van der Waals surface area contributed by atoms with Crippen LogP contribution in [0.1, 0.15) is 15.9 Å². The van der Waals surface area contributed by atoms with Crippen molar-refractivity contribution in [3.05, 3.63) is 70.7 Å². The Labute approximate surface area is 161 Å². The van der Waals surface area contributed by atoms with Crippen molar-refractivity contribution in [2.75, 3.05) is 25.2 Å². The molecule has 134 valence electrons. The molecular weight excluding hydrogens is 396 g/mol. The van der Waals surface area contributed by atoms with Gasteiger partial charge in [0.15, 0.2) is 0 Å². The summed E-state index contributed by atoms with van der Waals surface area (Å²) in [6.07, 6.45) is 1.70. The van der Waals surface area contributed by atoms with E-state index in [1.54, 1.807) is 24.3 Å². The van der Waals surface area contributed by atoms with E-state index < -0.39 is 11.7 Å². The average molecular weight is 415 g/mol. The van der Waals surface area contributed by atoms with Crippen LogP contribution >= 0.6 is 15.9 Å². The molecule has 0 fully saturated rings. The van der Waals surface area contributed by atoms with Crippen LogP contribution in [0.5, 0.6) is 5.75 Å². The summed E-state index contributed by atoms with van der Waals surface area (Å²) in [6, 6.07) is 13.0. The van der Waals surface area contributed by atoms with Crippen LogP contribution in [0.2, 0.25) is 0 Å². The monoisotopic (exact) mass is 414 g/mol. The number of carbonyl (C=O) groups excluding carboxylic acids is 2. The molecule has 0 bridgehead atoms. The zero-order valence-corrected chi connectivity index (χ0v) is 16.0. The van der Waals surface area contributed by atoms with Crippen LogP contribution in [0, 0.1) is 0 Å². The molecule has 3 rings (SSSR count). The molecule has 0 radical (unpaired) electrons. The van der Waals surface area contributed by atoms with Crippen molar-refractivity contribution in [3.63, 3.8) is 0 Å². The van der Waals surface area contributed by atoms with Gasteiger partial charge in [-0.15, -0.1) is 0 Å². The number of benzene rings is 2. The van der Waals surface area contributed by atoms with E-state index in [0.717, 1.165) is 15.8 Å². The van der Waals surface area contributed by atoms with Gasteiger partial charge in [0, 0.05) is 11.0 Å². The second-order valence-corrected chi connectivity index (χ2v) is 7.04. The summed E-state index contributed by atoms with van der Waals surface area (Å²) in [7, 11) is 1.91. The molecule has 1 heterocycles. The molecule has 26 heavy (non-hydrogen) atoms. The molecule has 0 unspecified atom stereocenters. The van der Waals surface area contributed by atoms with Crippen molar-refractivity contribution >= 4 is 33.3 Å². The van der Waals surface area contributed by atoms with Crippen LogP contribution in [0.4, 0.5) is 5.69 Å². The highest BCUT2D eigenvalue weighted by molar-refractivity contribution is 9.10. The van der Waals surface area contributed by atoms with E-state index in [1.165, 1.54) is 4.90 Å². The molecule has 1 aliphatic rings. The Morgan fingerprint density at radius 3 is 2.62 bits per heavy atom. The number of fused-ring (bicyclic) bond motifs is 1. The van der Waals surface area contributed by atoms with Crippen LogP contribution in [0.3, 0.4) is 0 Å². The van der Waals surface area contributed by atoms with Crippen LogP contribution in [-0.4, -0.2) is 36.9 Å². The molecule has 0 aliphatic carbocycles. The highest BCUT2D eigenvalue weighted by Crippen LogP contribution is 2.31. The van der Waals surface area contributed by atoms with Crippen LogP contribution in [0.25, 0.3) is 0 Å². The normalized spacial score (nSPS) is 13.3. The first kappa shape index (κ1) is 18.4. The Morgan fingerprint density at radius 1 is 1.19 bits per heavy atom. The maximum atomic E-state index is 12.3. The predicted molar refractivity (Wildman–Crippen MR) is 104 cm³/mol. The Bertz CT molecular complexity index is 849. The van der Waals surface area contributed by atoms with Gasteiger partial charge in [-0.1, -0.05) is 40.7 Å². The van der Waals surface area contributed by atoms with E-state index in [2.05, 4.69) is 22.5 Å². The van der Waals surface area contributed by atoms with Gasteiger partial charge in [-0.2, -0.15) is 0 Å². The minimum absolute atomic E-state index is 0.336. The van der Waals surface area contributed by atoms with E-state index in [0.29, 0.717) is 31.1 Å². The first-order valence-electron chi connectivity index (χ1n) is 8.16. The van der Waals surface area contributed by atoms with Gasteiger partial charge in [0.05, 0.1) is 17.9 Å². The van der Waals surface area contributed by atoms with E-state index >= 15 is 0 Å². The summed E-state index contributed by atoms with van der Waals surface area (Å²) in [5.74, 6) is -0.154. The number of nitrogens with zero attached hydrogens (tertiary/aromatic N) is 2. The number of ketones is 1. The second-order valence-electron chi connectivity index (χ2n) is 6.12.